The van der Waals surface area contributed by atoms with Crippen molar-refractivity contribution in [3.05, 3.63) is 59.7 Å². The van der Waals surface area contributed by atoms with Gasteiger partial charge in [-0.25, -0.2) is 9.29 Å². The Hall–Kier alpha value is -2.53. The Morgan fingerprint density at radius 3 is 2.33 bits per heavy atom. The van der Waals surface area contributed by atoms with Crippen molar-refractivity contribution >= 4 is 0 Å². The van der Waals surface area contributed by atoms with Crippen LogP contribution in [0.3, 0.4) is 0 Å². The highest BCUT2D eigenvalue weighted by molar-refractivity contribution is 5.35. The van der Waals surface area contributed by atoms with E-state index in [0.29, 0.717) is 29.7 Å². The van der Waals surface area contributed by atoms with Crippen LogP contribution in [0.1, 0.15) is 24.0 Å². The van der Waals surface area contributed by atoms with E-state index in [2.05, 4.69) is 4.74 Å². The van der Waals surface area contributed by atoms with Crippen LogP contribution in [0.4, 0.5) is 30.7 Å². The first kappa shape index (κ1) is 26.7. The Kier molecular flexibility index (Phi) is 9.78. The normalized spacial score (nSPS) is 13.2. The monoisotopic (exact) mass is 483 g/mol. The molecule has 2 rings (SSSR count). The molecule has 0 N–H and O–H groups in total. The first-order valence-electron chi connectivity index (χ1n) is 10.0. The molecule has 0 radical (unpaired) electrons. The summed E-state index contributed by atoms with van der Waals surface area (Å²) in [5.74, 6) is 0.0209. The Morgan fingerprint density at radius 1 is 0.939 bits per heavy atom. The molecule has 0 amide bonds. The fourth-order valence-electron chi connectivity index (χ4n) is 3.01. The maximum Gasteiger partial charge on any atom is 0.573 e. The van der Waals surface area contributed by atoms with Gasteiger partial charge in [-0.05, 0) is 55.6 Å². The summed E-state index contributed by atoms with van der Waals surface area (Å²) in [6.07, 6.45) is -9.54. The van der Waals surface area contributed by atoms with Gasteiger partial charge in [0.05, 0.1) is 0 Å². The highest BCUT2D eigenvalue weighted by atomic mass is 19.4. The number of nitrogens with zero attached hydrogens (tertiary/aromatic N) is 1. The molecule has 0 spiro atoms. The minimum absolute atomic E-state index is 0.0233. The van der Waals surface area contributed by atoms with Crippen LogP contribution >= 0.6 is 0 Å². The van der Waals surface area contributed by atoms with Gasteiger partial charge in [0.2, 0.25) is 6.29 Å². The lowest BCUT2D eigenvalue weighted by atomic mass is 10.0. The Labute approximate surface area is 186 Å². The van der Waals surface area contributed by atoms with Crippen LogP contribution in [0.2, 0.25) is 0 Å². The molecular weight excluding hydrogens is 459 g/mol. The minimum atomic E-state index is -4.79. The van der Waals surface area contributed by atoms with Crippen molar-refractivity contribution in [2.45, 2.75) is 44.6 Å². The number of para-hydroxylation sites is 1. The molecule has 0 saturated carbocycles. The number of aryl methyl sites for hydroxylation is 2. The van der Waals surface area contributed by atoms with Crippen molar-refractivity contribution in [3.8, 4) is 11.5 Å². The van der Waals surface area contributed by atoms with Crippen LogP contribution < -0.4 is 9.47 Å². The van der Waals surface area contributed by atoms with Crippen molar-refractivity contribution in [2.24, 2.45) is 0 Å². The van der Waals surface area contributed by atoms with Crippen LogP contribution in [-0.2, 0) is 17.6 Å². The van der Waals surface area contributed by atoms with E-state index in [1.165, 1.54) is 18.2 Å². The summed E-state index contributed by atoms with van der Waals surface area (Å²) in [6.45, 7) is -1.48. The molecule has 1 atom stereocenters. The van der Waals surface area contributed by atoms with Gasteiger partial charge in [-0.1, -0.05) is 30.3 Å². The smallest absolute Gasteiger partial charge is 0.465 e. The highest BCUT2D eigenvalue weighted by Crippen LogP contribution is 2.26. The Morgan fingerprint density at radius 2 is 1.67 bits per heavy atom. The van der Waals surface area contributed by atoms with E-state index in [4.69, 9.17) is 9.47 Å². The Balaban J connectivity index is 2.00. The average Bonchev–Trinajstić information content (AvgIpc) is 2.71. The van der Waals surface area contributed by atoms with E-state index in [0.717, 1.165) is 7.05 Å². The number of ether oxygens (including phenoxy) is 3. The zero-order valence-corrected chi connectivity index (χ0v) is 17.8. The minimum Gasteiger partial charge on any atom is -0.465 e. The largest absolute Gasteiger partial charge is 0.573 e. The lowest BCUT2D eigenvalue weighted by molar-refractivity contribution is -0.274. The molecule has 4 nitrogen and oxygen atoms in total. The molecule has 0 saturated heterocycles. The van der Waals surface area contributed by atoms with E-state index in [9.17, 15) is 30.7 Å². The summed E-state index contributed by atoms with van der Waals surface area (Å²) < 4.78 is 102. The van der Waals surface area contributed by atoms with Crippen LogP contribution in [0, 0.1) is 0 Å². The van der Waals surface area contributed by atoms with Crippen molar-refractivity contribution in [3.63, 3.8) is 0 Å². The third-order valence-electron chi connectivity index (χ3n) is 4.66. The van der Waals surface area contributed by atoms with Gasteiger partial charge >= 0.3 is 12.7 Å². The number of halogens is 7. The fraction of sp³-hybridized carbons (Fsp3) is 0.455. The number of benzene rings is 2. The second-order valence-corrected chi connectivity index (χ2v) is 7.16. The van der Waals surface area contributed by atoms with Crippen LogP contribution in [0.25, 0.3) is 0 Å². The van der Waals surface area contributed by atoms with Crippen molar-refractivity contribution in [2.75, 3.05) is 20.5 Å². The predicted molar refractivity (Wildman–Crippen MR) is 106 cm³/mol. The van der Waals surface area contributed by atoms with Crippen molar-refractivity contribution in [1.82, 2.24) is 4.90 Å². The molecule has 0 bridgehead atoms. The van der Waals surface area contributed by atoms with Gasteiger partial charge in [-0.15, -0.1) is 13.2 Å². The summed E-state index contributed by atoms with van der Waals surface area (Å²) >= 11 is 0. The van der Waals surface area contributed by atoms with Crippen molar-refractivity contribution < 1.29 is 44.9 Å². The quantitative estimate of drug-likeness (QED) is 0.203. The number of hydrogen-bond donors (Lipinski definition) is 0. The van der Waals surface area contributed by atoms with Crippen molar-refractivity contribution in [1.29, 1.82) is 0 Å². The van der Waals surface area contributed by atoms with E-state index in [-0.39, 0.29) is 30.0 Å². The third-order valence-corrected chi connectivity index (χ3v) is 4.66. The summed E-state index contributed by atoms with van der Waals surface area (Å²) in [5.41, 5.74) is 1.28. The van der Waals surface area contributed by atoms with E-state index in [1.54, 1.807) is 30.3 Å². The molecule has 0 aliphatic carbocycles. The number of hydrogen-bond acceptors (Lipinski definition) is 4. The molecule has 2 aromatic rings. The fourth-order valence-corrected chi connectivity index (χ4v) is 3.01. The van der Waals surface area contributed by atoms with Crippen LogP contribution in [0.15, 0.2) is 48.5 Å². The van der Waals surface area contributed by atoms with E-state index >= 15 is 0 Å². The first-order valence-corrected chi connectivity index (χ1v) is 10.0. The molecular formula is C22H24F7NO3. The highest BCUT2D eigenvalue weighted by Gasteiger charge is 2.33. The second-order valence-electron chi connectivity index (χ2n) is 7.16. The topological polar surface area (TPSA) is 30.9 Å². The lowest BCUT2D eigenvalue weighted by Crippen LogP contribution is -2.35. The third kappa shape index (κ3) is 9.87. The van der Waals surface area contributed by atoms with E-state index < -0.39 is 25.8 Å². The average molecular weight is 483 g/mol. The van der Waals surface area contributed by atoms with Gasteiger partial charge in [-0.3, -0.25) is 0 Å². The maximum absolute atomic E-state index is 12.8. The summed E-state index contributed by atoms with van der Waals surface area (Å²) in [5, 5.41) is 0. The second kappa shape index (κ2) is 12.1. The summed E-state index contributed by atoms with van der Waals surface area (Å²) in [7, 11) is 0.913. The van der Waals surface area contributed by atoms with Crippen LogP contribution in [-0.4, -0.2) is 44.3 Å². The van der Waals surface area contributed by atoms with Crippen LogP contribution in [0.5, 0.6) is 11.5 Å². The molecule has 2 aromatic carbocycles. The molecule has 33 heavy (non-hydrogen) atoms. The standard InChI is InChI=1S/C22H24F7NO3/c1-30(21(24,25)26)13-5-10-20(31-15-23)32-19-9-3-2-7-17(19)12-11-16-6-4-8-18(14-16)33-22(27,28)29/h2-4,6-9,14,20H,5,10-13,15H2,1H3/t20-/m1/s1. The Bertz CT molecular complexity index is 858. The van der Waals surface area contributed by atoms with Gasteiger partial charge in [0, 0.05) is 13.0 Å². The predicted octanol–water partition coefficient (Wildman–Crippen LogP) is 6.25. The van der Waals surface area contributed by atoms with Gasteiger partial charge in [0.15, 0.2) is 6.86 Å². The molecule has 0 aromatic heterocycles. The molecule has 11 heteroatoms. The molecule has 0 heterocycles. The summed E-state index contributed by atoms with van der Waals surface area (Å²) in [4.78, 5) is 0.212. The van der Waals surface area contributed by atoms with Gasteiger partial charge < -0.3 is 14.2 Å². The SMILES string of the molecule is CN(CCC[C@H](OCF)Oc1ccccc1CCc1cccc(OC(F)(F)F)c1)C(F)(F)F. The molecule has 0 unspecified atom stereocenters. The maximum atomic E-state index is 12.8. The zero-order valence-electron chi connectivity index (χ0n) is 17.8. The van der Waals surface area contributed by atoms with Gasteiger partial charge in [0.1, 0.15) is 11.5 Å². The molecule has 184 valence electrons. The molecule has 0 fully saturated rings. The zero-order chi connectivity index (χ0) is 24.5. The van der Waals surface area contributed by atoms with E-state index in [1.807, 2.05) is 0 Å². The molecule has 0 aliphatic rings. The number of alkyl halides is 7. The van der Waals surface area contributed by atoms with Gasteiger partial charge in [-0.2, -0.15) is 13.2 Å². The number of rotatable bonds is 12. The lowest BCUT2D eigenvalue weighted by Gasteiger charge is -2.23. The summed E-state index contributed by atoms with van der Waals surface area (Å²) in [6, 6.07) is 12.3. The van der Waals surface area contributed by atoms with Gasteiger partial charge in [0.25, 0.3) is 0 Å². The first-order chi connectivity index (χ1) is 15.5. The molecule has 0 aliphatic heterocycles.